The topological polar surface area (TPSA) is 125 Å². The van der Waals surface area contributed by atoms with Crippen LogP contribution in [0, 0.1) is 0 Å². The Balaban J connectivity index is 1.69. The molecular weight excluding hydrogens is 508 g/mol. The number of ether oxygens (including phenoxy) is 7. The lowest BCUT2D eigenvalue weighted by Gasteiger charge is -2.25. The van der Waals surface area contributed by atoms with E-state index >= 15 is 0 Å². The summed E-state index contributed by atoms with van der Waals surface area (Å²) in [5.74, 6) is 2.48. The van der Waals surface area contributed by atoms with Crippen molar-refractivity contribution in [2.45, 2.75) is 24.2 Å². The largest absolute Gasteiger partial charge is 0.493 e. The second-order valence-corrected chi connectivity index (χ2v) is 8.86. The van der Waals surface area contributed by atoms with Gasteiger partial charge >= 0.3 is 0 Å². The normalized spacial score (nSPS) is 17.4. The monoisotopic (exact) mass is 542 g/mol. The lowest BCUT2D eigenvalue weighted by Crippen LogP contribution is -2.29. The fraction of sp³-hybridized carbons (Fsp3) is 0.379. The molecule has 1 heterocycles. The van der Waals surface area contributed by atoms with Crippen LogP contribution in [0.2, 0.25) is 0 Å². The van der Waals surface area contributed by atoms with Crippen molar-refractivity contribution in [2.24, 2.45) is 0 Å². The summed E-state index contributed by atoms with van der Waals surface area (Å²) in [5, 5.41) is 31.9. The fourth-order valence-electron chi connectivity index (χ4n) is 4.77. The van der Waals surface area contributed by atoms with Gasteiger partial charge in [-0.2, -0.15) is 0 Å². The molecule has 0 aliphatic carbocycles. The van der Waals surface area contributed by atoms with Crippen molar-refractivity contribution >= 4 is 0 Å². The van der Waals surface area contributed by atoms with E-state index in [0.29, 0.717) is 45.6 Å². The number of hydrogen-bond acceptors (Lipinski definition) is 10. The first-order valence-electron chi connectivity index (χ1n) is 12.3. The Bertz CT molecular complexity index is 1250. The van der Waals surface area contributed by atoms with E-state index in [0.717, 1.165) is 5.56 Å². The molecule has 4 atom stereocenters. The second-order valence-electron chi connectivity index (χ2n) is 8.86. The SMILES string of the molecule is COc1ccc([C@@H]2Oc3c(OC)cc(C(O)C(CO)Oc4c(OC)cccc4OC)cc3[C@H]2CO)cc1OC. The smallest absolute Gasteiger partial charge is 0.203 e. The van der Waals surface area contributed by atoms with Crippen molar-refractivity contribution in [1.82, 2.24) is 0 Å². The summed E-state index contributed by atoms with van der Waals surface area (Å²) in [6.45, 7) is -0.733. The van der Waals surface area contributed by atoms with Crippen LogP contribution >= 0.6 is 0 Å². The van der Waals surface area contributed by atoms with Gasteiger partial charge < -0.3 is 48.5 Å². The summed E-state index contributed by atoms with van der Waals surface area (Å²) in [5.41, 5.74) is 1.83. The maximum Gasteiger partial charge on any atom is 0.203 e. The van der Waals surface area contributed by atoms with Crippen LogP contribution in [0.25, 0.3) is 0 Å². The molecule has 1 aliphatic rings. The number of fused-ring (bicyclic) bond motifs is 1. The lowest BCUT2D eigenvalue weighted by atomic mass is 9.89. The summed E-state index contributed by atoms with van der Waals surface area (Å²) in [7, 11) is 7.57. The summed E-state index contributed by atoms with van der Waals surface area (Å²) in [4.78, 5) is 0. The predicted octanol–water partition coefficient (Wildman–Crippen LogP) is 3.41. The molecule has 1 aliphatic heterocycles. The van der Waals surface area contributed by atoms with Crippen molar-refractivity contribution in [2.75, 3.05) is 48.8 Å². The van der Waals surface area contributed by atoms with E-state index < -0.39 is 30.8 Å². The van der Waals surface area contributed by atoms with Crippen molar-refractivity contribution in [1.29, 1.82) is 0 Å². The molecule has 3 N–H and O–H groups in total. The van der Waals surface area contributed by atoms with Gasteiger partial charge in [-0.3, -0.25) is 0 Å². The van der Waals surface area contributed by atoms with Crippen LogP contribution in [0.4, 0.5) is 0 Å². The second kappa shape index (κ2) is 12.3. The third-order valence-electron chi connectivity index (χ3n) is 6.79. The van der Waals surface area contributed by atoms with Gasteiger partial charge in [-0.15, -0.1) is 0 Å². The Morgan fingerprint density at radius 3 is 1.97 bits per heavy atom. The van der Waals surface area contributed by atoms with E-state index in [9.17, 15) is 15.3 Å². The van der Waals surface area contributed by atoms with Gasteiger partial charge in [-0.1, -0.05) is 12.1 Å². The first kappa shape index (κ1) is 28.2. The molecule has 210 valence electrons. The zero-order valence-corrected chi connectivity index (χ0v) is 22.5. The number of benzene rings is 3. The number of methoxy groups -OCH3 is 5. The van der Waals surface area contributed by atoms with E-state index in [1.165, 1.54) is 21.3 Å². The van der Waals surface area contributed by atoms with Gasteiger partial charge in [0, 0.05) is 5.56 Å². The minimum absolute atomic E-state index is 0.229. The molecule has 0 radical (unpaired) electrons. The van der Waals surface area contributed by atoms with Crippen molar-refractivity contribution in [3.63, 3.8) is 0 Å². The van der Waals surface area contributed by atoms with Gasteiger partial charge in [0.1, 0.15) is 12.2 Å². The van der Waals surface area contributed by atoms with Crippen LogP contribution < -0.4 is 33.2 Å². The molecule has 0 saturated carbocycles. The highest BCUT2D eigenvalue weighted by atomic mass is 16.6. The lowest BCUT2D eigenvalue weighted by molar-refractivity contribution is -0.00177. The Morgan fingerprint density at radius 2 is 1.41 bits per heavy atom. The molecule has 3 aromatic carbocycles. The Morgan fingerprint density at radius 1 is 0.769 bits per heavy atom. The molecular formula is C29H34O10. The first-order chi connectivity index (χ1) is 18.9. The van der Waals surface area contributed by atoms with Crippen LogP contribution in [0.5, 0.6) is 40.2 Å². The molecule has 3 aromatic rings. The highest BCUT2D eigenvalue weighted by Gasteiger charge is 2.39. The number of hydrogen-bond donors (Lipinski definition) is 3. The van der Waals surface area contributed by atoms with Gasteiger partial charge in [-0.25, -0.2) is 0 Å². The first-order valence-corrected chi connectivity index (χ1v) is 12.3. The highest BCUT2D eigenvalue weighted by Crippen LogP contribution is 2.52. The van der Waals surface area contributed by atoms with Gasteiger partial charge in [0.2, 0.25) is 5.75 Å². The Labute approximate surface area is 227 Å². The number of para-hydroxylation sites is 1. The number of aliphatic hydroxyl groups excluding tert-OH is 3. The van der Waals surface area contributed by atoms with Crippen LogP contribution in [-0.4, -0.2) is 70.2 Å². The van der Waals surface area contributed by atoms with Crippen LogP contribution in [0.1, 0.15) is 34.8 Å². The fourth-order valence-corrected chi connectivity index (χ4v) is 4.77. The van der Waals surface area contributed by atoms with Crippen LogP contribution in [0.15, 0.2) is 48.5 Å². The molecule has 4 rings (SSSR count). The van der Waals surface area contributed by atoms with E-state index in [4.69, 9.17) is 33.2 Å². The Kier molecular flexibility index (Phi) is 8.90. The quantitative estimate of drug-likeness (QED) is 0.314. The number of aliphatic hydroxyl groups is 3. The summed E-state index contributed by atoms with van der Waals surface area (Å²) in [6.07, 6.45) is -2.90. The van der Waals surface area contributed by atoms with Crippen molar-refractivity contribution in [3.8, 4) is 40.2 Å². The molecule has 0 saturated heterocycles. The zero-order chi connectivity index (χ0) is 28.1. The third-order valence-corrected chi connectivity index (χ3v) is 6.79. The van der Waals surface area contributed by atoms with E-state index in [-0.39, 0.29) is 12.4 Å². The molecule has 0 amide bonds. The number of rotatable bonds is 12. The summed E-state index contributed by atoms with van der Waals surface area (Å²) >= 11 is 0. The standard InChI is InChI=1S/C29H34O10/c1-33-20-10-9-16(12-23(20)36-4)27-19(14-30)18-11-17(13-24(37-5)28(18)39-27)26(32)25(15-31)38-29-21(34-2)7-6-8-22(29)35-3/h6-13,19,25-27,30-32H,14-15H2,1-5H3/t19-,25?,26?,27+/m1/s1. The maximum absolute atomic E-state index is 11.3. The summed E-state index contributed by atoms with van der Waals surface area (Å²) in [6, 6.07) is 13.9. The maximum atomic E-state index is 11.3. The third kappa shape index (κ3) is 5.36. The molecule has 10 heteroatoms. The molecule has 39 heavy (non-hydrogen) atoms. The van der Waals surface area contributed by atoms with Crippen LogP contribution in [0.3, 0.4) is 0 Å². The van der Waals surface area contributed by atoms with E-state index in [2.05, 4.69) is 0 Å². The Hall–Kier alpha value is -3.86. The highest BCUT2D eigenvalue weighted by molar-refractivity contribution is 5.57. The van der Waals surface area contributed by atoms with E-state index in [1.807, 2.05) is 6.07 Å². The van der Waals surface area contributed by atoms with Crippen molar-refractivity contribution < 1.29 is 48.5 Å². The van der Waals surface area contributed by atoms with Crippen LogP contribution in [-0.2, 0) is 0 Å². The van der Waals surface area contributed by atoms with Crippen molar-refractivity contribution in [3.05, 3.63) is 65.2 Å². The summed E-state index contributed by atoms with van der Waals surface area (Å²) < 4.78 is 39.5. The average molecular weight is 543 g/mol. The van der Waals surface area contributed by atoms with Gasteiger partial charge in [0.15, 0.2) is 40.6 Å². The minimum atomic E-state index is -1.27. The van der Waals surface area contributed by atoms with E-state index in [1.54, 1.807) is 56.7 Å². The van der Waals surface area contributed by atoms with Gasteiger partial charge in [-0.05, 0) is 47.5 Å². The molecule has 0 aromatic heterocycles. The van der Waals surface area contributed by atoms with Gasteiger partial charge in [0.25, 0.3) is 0 Å². The molecule has 2 unspecified atom stereocenters. The van der Waals surface area contributed by atoms with Gasteiger partial charge in [0.05, 0.1) is 54.7 Å². The average Bonchev–Trinajstić information content (AvgIpc) is 3.36. The zero-order valence-electron chi connectivity index (χ0n) is 22.5. The predicted molar refractivity (Wildman–Crippen MR) is 142 cm³/mol. The molecule has 0 bridgehead atoms. The molecule has 0 spiro atoms. The molecule has 10 nitrogen and oxygen atoms in total. The molecule has 0 fully saturated rings. The minimum Gasteiger partial charge on any atom is -0.493 e.